The zero-order valence-corrected chi connectivity index (χ0v) is 15.9. The number of hydrogen-bond donors (Lipinski definition) is 2. The summed E-state index contributed by atoms with van der Waals surface area (Å²) in [5, 5.41) is 0. The molecule has 0 aliphatic rings. The SMILES string of the molecule is CCC[Si](CCC)(CCC)[O][Ti]([OH])([OH])[O]c1ccccc1. The first kappa shape index (κ1) is 18.9. The van der Waals surface area contributed by atoms with Gasteiger partial charge in [-0.25, -0.2) is 0 Å². The van der Waals surface area contributed by atoms with Crippen LogP contribution in [0.2, 0.25) is 18.1 Å². The van der Waals surface area contributed by atoms with E-state index in [1.807, 2.05) is 18.2 Å². The Balaban J connectivity index is 2.83. The Labute approximate surface area is 134 Å². The van der Waals surface area contributed by atoms with E-state index in [9.17, 15) is 7.38 Å². The molecule has 1 aromatic rings. The van der Waals surface area contributed by atoms with Crippen LogP contribution in [-0.4, -0.2) is 15.7 Å². The summed E-state index contributed by atoms with van der Waals surface area (Å²) in [6.45, 7) is 6.37. The van der Waals surface area contributed by atoms with Crippen molar-refractivity contribution in [2.45, 2.75) is 58.2 Å². The van der Waals surface area contributed by atoms with E-state index in [0.29, 0.717) is 5.75 Å². The molecule has 1 rings (SSSR count). The van der Waals surface area contributed by atoms with E-state index < -0.39 is 26.5 Å². The molecule has 0 saturated carbocycles. The van der Waals surface area contributed by atoms with Crippen molar-refractivity contribution in [1.29, 1.82) is 0 Å². The van der Waals surface area contributed by atoms with E-state index in [1.165, 1.54) is 0 Å². The van der Waals surface area contributed by atoms with E-state index >= 15 is 0 Å². The van der Waals surface area contributed by atoms with Gasteiger partial charge in [-0.15, -0.1) is 0 Å². The molecule has 0 aromatic heterocycles. The van der Waals surface area contributed by atoms with Crippen LogP contribution in [0.15, 0.2) is 30.3 Å². The zero-order chi connectivity index (χ0) is 15.8. The Bertz CT molecular complexity index is 383. The van der Waals surface area contributed by atoms with Crippen molar-refractivity contribution in [2.75, 3.05) is 0 Å². The summed E-state index contributed by atoms with van der Waals surface area (Å²) in [5.74, 6) is 0.467. The summed E-state index contributed by atoms with van der Waals surface area (Å²) in [5.41, 5.74) is 0. The van der Waals surface area contributed by atoms with Crippen molar-refractivity contribution < 1.29 is 31.8 Å². The predicted octanol–water partition coefficient (Wildman–Crippen LogP) is 4.06. The molecular weight excluding hydrogens is 320 g/mol. The Hall–Kier alpha value is -0.169. The average molecular weight is 348 g/mol. The molecule has 0 heterocycles. The van der Waals surface area contributed by atoms with Gasteiger partial charge in [0.05, 0.1) is 0 Å². The van der Waals surface area contributed by atoms with Gasteiger partial charge >= 0.3 is 134 Å². The van der Waals surface area contributed by atoms with Crippen molar-refractivity contribution in [2.24, 2.45) is 0 Å². The summed E-state index contributed by atoms with van der Waals surface area (Å²) < 4.78 is 32.0. The van der Waals surface area contributed by atoms with Crippen LogP contribution in [0.1, 0.15) is 40.0 Å². The van der Waals surface area contributed by atoms with Crippen molar-refractivity contribution in [3.05, 3.63) is 30.3 Å². The van der Waals surface area contributed by atoms with Gasteiger partial charge in [0.15, 0.2) is 0 Å². The third-order valence-corrected chi connectivity index (χ3v) is 12.5. The molecule has 0 spiro atoms. The van der Waals surface area contributed by atoms with Crippen LogP contribution >= 0.6 is 0 Å². The molecule has 0 unspecified atom stereocenters. The minimum atomic E-state index is -4.68. The van der Waals surface area contributed by atoms with Crippen molar-refractivity contribution in [1.82, 2.24) is 0 Å². The molecule has 120 valence electrons. The first-order valence-electron chi connectivity index (χ1n) is 7.86. The molecule has 0 aliphatic heterocycles. The standard InChI is InChI=1S/C9H21OSi.C6H6O.2H2O.Ti/c1-4-7-11(10,8-5-2)9-6-3;7-6-4-2-1-3-5-6;;;/h4-9H2,1-3H3;1-5,7H;2*1H2;/q-1;;;;+4/p-3. The van der Waals surface area contributed by atoms with Crippen molar-refractivity contribution in [3.63, 3.8) is 0 Å². The Morgan fingerprint density at radius 1 is 0.905 bits per heavy atom. The molecule has 1 aromatic carbocycles. The summed E-state index contributed by atoms with van der Waals surface area (Å²) in [7, 11) is -2.13. The van der Waals surface area contributed by atoms with Gasteiger partial charge in [0.2, 0.25) is 0 Å². The average Bonchev–Trinajstić information content (AvgIpc) is 2.39. The van der Waals surface area contributed by atoms with Crippen LogP contribution in [0.3, 0.4) is 0 Å². The van der Waals surface area contributed by atoms with E-state index in [2.05, 4.69) is 20.8 Å². The number of rotatable bonds is 10. The number of para-hydroxylation sites is 1. The molecule has 0 saturated heterocycles. The van der Waals surface area contributed by atoms with E-state index in [-0.39, 0.29) is 0 Å². The second kappa shape index (κ2) is 9.08. The molecule has 0 amide bonds. The topological polar surface area (TPSA) is 58.9 Å². The normalized spacial score (nSPS) is 12.4. The predicted molar refractivity (Wildman–Crippen MR) is 83.6 cm³/mol. The quantitative estimate of drug-likeness (QED) is 0.626. The van der Waals surface area contributed by atoms with Gasteiger partial charge in [0.25, 0.3) is 0 Å². The molecule has 4 nitrogen and oxygen atoms in total. The van der Waals surface area contributed by atoms with Crippen LogP contribution < -0.4 is 3.32 Å². The van der Waals surface area contributed by atoms with Gasteiger partial charge < -0.3 is 0 Å². The van der Waals surface area contributed by atoms with Crippen LogP contribution in [0.5, 0.6) is 5.75 Å². The molecule has 0 atom stereocenters. The monoisotopic (exact) mass is 348 g/mol. The summed E-state index contributed by atoms with van der Waals surface area (Å²) in [6, 6.07) is 11.8. The molecule has 21 heavy (non-hydrogen) atoms. The Morgan fingerprint density at radius 2 is 1.38 bits per heavy atom. The summed E-state index contributed by atoms with van der Waals surface area (Å²) >= 11 is -4.68. The molecule has 0 bridgehead atoms. The van der Waals surface area contributed by atoms with Crippen LogP contribution in [0.25, 0.3) is 0 Å². The summed E-state index contributed by atoms with van der Waals surface area (Å²) in [4.78, 5) is 0. The fourth-order valence-corrected chi connectivity index (χ4v) is 12.2. The van der Waals surface area contributed by atoms with E-state index in [0.717, 1.165) is 37.4 Å². The number of benzene rings is 1. The number of hydrogen-bond acceptors (Lipinski definition) is 4. The van der Waals surface area contributed by atoms with Gasteiger partial charge in [0, 0.05) is 0 Å². The van der Waals surface area contributed by atoms with E-state index in [4.69, 9.17) is 6.33 Å². The fraction of sp³-hybridized carbons (Fsp3) is 0.600. The molecule has 2 N–H and O–H groups in total. The fourth-order valence-electron chi connectivity index (χ4n) is 2.84. The maximum absolute atomic E-state index is 10.3. The van der Waals surface area contributed by atoms with Gasteiger partial charge in [0.1, 0.15) is 0 Å². The van der Waals surface area contributed by atoms with Crippen molar-refractivity contribution >= 4 is 8.32 Å². The first-order chi connectivity index (χ1) is 9.97. The Kier molecular flexibility index (Phi) is 8.16. The van der Waals surface area contributed by atoms with Gasteiger partial charge in [-0.05, 0) is 0 Å². The van der Waals surface area contributed by atoms with Crippen LogP contribution in [-0.2, 0) is 21.1 Å². The zero-order valence-electron chi connectivity index (χ0n) is 13.3. The molecule has 0 radical (unpaired) electrons. The van der Waals surface area contributed by atoms with Gasteiger partial charge in [-0.2, -0.15) is 0 Å². The van der Waals surface area contributed by atoms with Crippen LogP contribution in [0.4, 0.5) is 0 Å². The Morgan fingerprint density at radius 3 is 1.81 bits per heavy atom. The minimum absolute atomic E-state index is 0.467. The molecule has 0 fully saturated rings. The third kappa shape index (κ3) is 6.63. The third-order valence-electron chi connectivity index (χ3n) is 3.46. The van der Waals surface area contributed by atoms with Gasteiger partial charge in [-0.3, -0.25) is 0 Å². The summed E-state index contributed by atoms with van der Waals surface area (Å²) in [6.07, 6.45) is 3.03. The van der Waals surface area contributed by atoms with Crippen molar-refractivity contribution in [3.8, 4) is 5.75 Å². The molecule has 6 heteroatoms. The van der Waals surface area contributed by atoms with Crippen LogP contribution in [0, 0.1) is 0 Å². The second-order valence-corrected chi connectivity index (χ2v) is 12.6. The maximum atomic E-state index is 10.3. The molecule has 0 aliphatic carbocycles. The van der Waals surface area contributed by atoms with E-state index in [1.54, 1.807) is 12.1 Å². The first-order valence-corrected chi connectivity index (χ1v) is 13.1. The molecular formula is C15H28O4SiTi. The second-order valence-electron chi connectivity index (χ2n) is 5.50. The van der Waals surface area contributed by atoms with Gasteiger partial charge in [-0.1, -0.05) is 0 Å².